The highest BCUT2D eigenvalue weighted by Gasteiger charge is 2.72. The Bertz CT molecular complexity index is 1170. The van der Waals surface area contributed by atoms with E-state index in [1.54, 1.807) is 17.0 Å². The first-order valence-electron chi connectivity index (χ1n) is 13.5. The molecule has 7 rings (SSSR count). The lowest BCUT2D eigenvalue weighted by atomic mass is 9.48. The minimum Gasteiger partial charge on any atom is -0.504 e. The Balaban J connectivity index is 1.25. The lowest BCUT2D eigenvalue weighted by Gasteiger charge is -2.63. The molecule has 3 aliphatic carbocycles. The summed E-state index contributed by atoms with van der Waals surface area (Å²) in [6, 6.07) is 3.70. The molecule has 1 amide bonds. The summed E-state index contributed by atoms with van der Waals surface area (Å²) in [5.41, 5.74) is 1.33. The Morgan fingerprint density at radius 3 is 2.61 bits per heavy atom. The summed E-state index contributed by atoms with van der Waals surface area (Å²) in [4.78, 5) is 28.8. The maximum Gasteiger partial charge on any atom is 0.306 e. The van der Waals surface area contributed by atoms with Gasteiger partial charge in [-0.15, -0.1) is 0 Å². The fraction of sp³-hybridized carbons (Fsp3) is 0.643. The van der Waals surface area contributed by atoms with E-state index in [0.29, 0.717) is 44.5 Å². The molecule has 1 aromatic carbocycles. The van der Waals surface area contributed by atoms with E-state index < -0.39 is 23.1 Å². The van der Waals surface area contributed by atoms with Crippen LogP contribution in [0.5, 0.6) is 11.5 Å². The molecule has 8 heteroatoms. The summed E-state index contributed by atoms with van der Waals surface area (Å²) in [5.74, 6) is 0.0148. The van der Waals surface area contributed by atoms with E-state index in [9.17, 15) is 24.9 Å². The van der Waals surface area contributed by atoms with Crippen LogP contribution in [0.4, 0.5) is 0 Å². The molecule has 192 valence electrons. The van der Waals surface area contributed by atoms with Crippen molar-refractivity contribution in [1.82, 2.24) is 9.80 Å². The minimum atomic E-state index is -0.975. The normalized spacial score (nSPS) is 36.5. The third kappa shape index (κ3) is 3.00. The van der Waals surface area contributed by atoms with E-state index in [1.807, 2.05) is 6.07 Å². The third-order valence-electron chi connectivity index (χ3n) is 10.1. The van der Waals surface area contributed by atoms with Crippen molar-refractivity contribution in [1.29, 1.82) is 0 Å². The number of rotatable bonds is 4. The number of aliphatic carboxylic acids is 1. The Kier molecular flexibility index (Phi) is 4.84. The first kappa shape index (κ1) is 22.6. The number of carboxylic acids is 1. The molecule has 8 nitrogen and oxygen atoms in total. The van der Waals surface area contributed by atoms with E-state index >= 15 is 0 Å². The van der Waals surface area contributed by atoms with Gasteiger partial charge in [-0.05, 0) is 81.0 Å². The van der Waals surface area contributed by atoms with Gasteiger partial charge in [0.25, 0.3) is 0 Å². The molecule has 36 heavy (non-hydrogen) atoms. The van der Waals surface area contributed by atoms with Crippen LogP contribution < -0.4 is 4.74 Å². The molecule has 3 heterocycles. The third-order valence-corrected chi connectivity index (χ3v) is 10.1. The molecule has 0 unspecified atom stereocenters. The lowest BCUT2D eigenvalue weighted by Crippen LogP contribution is -2.75. The number of ether oxygens (including phenoxy) is 1. The second-order valence-electron chi connectivity index (χ2n) is 11.9. The molecule has 2 bridgehead atoms. The molecule has 2 saturated carbocycles. The summed E-state index contributed by atoms with van der Waals surface area (Å²) in [6.45, 7) is 2.78. The number of phenols is 1. The van der Waals surface area contributed by atoms with Crippen molar-refractivity contribution in [3.05, 3.63) is 34.9 Å². The standard InChI is InChI=1S/C28H34N2O6/c31-20-4-3-18-13-21-28(35)8-5-19(14-22(32)29-10-6-17(7-11-29)26(33)34)25-27(28,23(18)24(20)36-25)9-12-30(21)15-16-1-2-16/h3-4,14,16-17,21,25,31,35H,1-2,5-13,15H2,(H,33,34)/b19-14+/t21-,25+,27+,28-/m1/s1. The van der Waals surface area contributed by atoms with Gasteiger partial charge in [0.2, 0.25) is 5.91 Å². The number of carbonyl (C=O) groups is 2. The monoisotopic (exact) mass is 494 g/mol. The highest BCUT2D eigenvalue weighted by molar-refractivity contribution is 5.89. The van der Waals surface area contributed by atoms with Crippen LogP contribution in [0, 0.1) is 11.8 Å². The first-order valence-corrected chi connectivity index (χ1v) is 13.5. The Hall–Kier alpha value is -2.58. The van der Waals surface area contributed by atoms with E-state index in [1.165, 1.54) is 12.8 Å². The molecule has 4 fully saturated rings. The summed E-state index contributed by atoms with van der Waals surface area (Å²) in [5, 5.41) is 32.5. The second kappa shape index (κ2) is 7.71. The number of carboxylic acid groups (broad SMARTS) is 1. The van der Waals surface area contributed by atoms with E-state index in [2.05, 4.69) is 4.90 Å². The smallest absolute Gasteiger partial charge is 0.306 e. The largest absolute Gasteiger partial charge is 0.504 e. The summed E-state index contributed by atoms with van der Waals surface area (Å²) >= 11 is 0. The van der Waals surface area contributed by atoms with E-state index in [0.717, 1.165) is 48.5 Å². The van der Waals surface area contributed by atoms with Gasteiger partial charge >= 0.3 is 5.97 Å². The van der Waals surface area contributed by atoms with Crippen LogP contribution in [0.1, 0.15) is 56.1 Å². The summed E-state index contributed by atoms with van der Waals surface area (Å²) < 4.78 is 6.51. The number of hydrogen-bond acceptors (Lipinski definition) is 6. The highest BCUT2D eigenvalue weighted by Crippen LogP contribution is 2.66. The first-order chi connectivity index (χ1) is 17.3. The zero-order valence-corrected chi connectivity index (χ0v) is 20.5. The number of aromatic hydroxyl groups is 1. The number of amides is 1. The van der Waals surface area contributed by atoms with Crippen molar-refractivity contribution in [2.75, 3.05) is 26.2 Å². The van der Waals surface area contributed by atoms with Crippen molar-refractivity contribution in [3.8, 4) is 11.5 Å². The van der Waals surface area contributed by atoms with Crippen molar-refractivity contribution >= 4 is 11.9 Å². The van der Waals surface area contributed by atoms with E-state index in [4.69, 9.17) is 4.74 Å². The fourth-order valence-electron chi connectivity index (χ4n) is 8.08. The molecule has 4 atom stereocenters. The van der Waals surface area contributed by atoms with Gasteiger partial charge in [0.15, 0.2) is 11.5 Å². The molecule has 0 aromatic heterocycles. The molecular formula is C28H34N2O6. The number of benzene rings is 1. The van der Waals surface area contributed by atoms with Crippen LogP contribution in [0.3, 0.4) is 0 Å². The van der Waals surface area contributed by atoms with Gasteiger partial charge in [-0.2, -0.15) is 0 Å². The van der Waals surface area contributed by atoms with Crippen molar-refractivity contribution in [2.45, 2.75) is 74.5 Å². The Morgan fingerprint density at radius 1 is 1.11 bits per heavy atom. The minimum absolute atomic E-state index is 0.00763. The van der Waals surface area contributed by atoms with E-state index in [-0.39, 0.29) is 23.6 Å². The molecule has 0 radical (unpaired) electrons. The summed E-state index contributed by atoms with van der Waals surface area (Å²) in [7, 11) is 0. The maximum atomic E-state index is 13.3. The Labute approximate surface area is 210 Å². The quantitative estimate of drug-likeness (QED) is 0.551. The Morgan fingerprint density at radius 2 is 1.89 bits per heavy atom. The number of phenolic OH excluding ortho intramolecular Hbond substituents is 1. The SMILES string of the molecule is O=C(O)C1CCN(C(=O)/C=C2\CC[C@@]3(O)[C@H]4Cc5ccc(O)c6c5[C@@]3(CCN4CC3CC3)[C@H]2O6)CC1. The van der Waals surface area contributed by atoms with Crippen LogP contribution in [0.15, 0.2) is 23.8 Å². The van der Waals surface area contributed by atoms with Gasteiger partial charge in [0, 0.05) is 37.3 Å². The van der Waals surface area contributed by atoms with Gasteiger partial charge in [-0.25, -0.2) is 0 Å². The number of aliphatic hydroxyl groups is 1. The average molecular weight is 495 g/mol. The van der Waals surface area contributed by atoms with Crippen molar-refractivity contribution in [2.24, 2.45) is 11.8 Å². The second-order valence-corrected chi connectivity index (χ2v) is 11.9. The zero-order chi connectivity index (χ0) is 24.8. The number of carbonyl (C=O) groups excluding carboxylic acids is 1. The zero-order valence-electron chi connectivity index (χ0n) is 20.5. The van der Waals surface area contributed by atoms with Gasteiger partial charge in [0.05, 0.1) is 16.9 Å². The topological polar surface area (TPSA) is 111 Å². The number of hydrogen-bond donors (Lipinski definition) is 3. The fourth-order valence-corrected chi connectivity index (χ4v) is 8.08. The number of likely N-dealkylation sites (tertiary alicyclic amines) is 2. The van der Waals surface area contributed by atoms with Crippen LogP contribution in [0.2, 0.25) is 0 Å². The van der Waals surface area contributed by atoms with Gasteiger partial charge in [0.1, 0.15) is 6.10 Å². The van der Waals surface area contributed by atoms with Crippen molar-refractivity contribution in [3.63, 3.8) is 0 Å². The molecule has 1 aromatic rings. The average Bonchev–Trinajstić information content (AvgIpc) is 3.61. The molecule has 3 N–H and O–H groups in total. The van der Waals surface area contributed by atoms with Crippen LogP contribution in [-0.2, 0) is 21.4 Å². The molecule has 6 aliphatic rings. The van der Waals surface area contributed by atoms with Crippen LogP contribution >= 0.6 is 0 Å². The maximum absolute atomic E-state index is 13.3. The van der Waals surface area contributed by atoms with Crippen LogP contribution in [0.25, 0.3) is 0 Å². The summed E-state index contributed by atoms with van der Waals surface area (Å²) in [6.07, 6.45) is 7.29. The molecule has 3 aliphatic heterocycles. The number of piperidine rings is 2. The van der Waals surface area contributed by atoms with Crippen molar-refractivity contribution < 1.29 is 29.6 Å². The van der Waals surface area contributed by atoms with Gasteiger partial charge < -0.3 is 25.0 Å². The van der Waals surface area contributed by atoms with Gasteiger partial charge in [-0.3, -0.25) is 14.5 Å². The van der Waals surface area contributed by atoms with Crippen LogP contribution in [-0.4, -0.2) is 80.9 Å². The van der Waals surface area contributed by atoms with Gasteiger partial charge in [-0.1, -0.05) is 6.07 Å². The number of nitrogens with zero attached hydrogens (tertiary/aromatic N) is 2. The predicted molar refractivity (Wildman–Crippen MR) is 130 cm³/mol. The molecular weight excluding hydrogens is 460 g/mol. The molecule has 1 spiro atoms. The lowest BCUT2D eigenvalue weighted by molar-refractivity contribution is -0.174. The molecule has 2 saturated heterocycles. The highest BCUT2D eigenvalue weighted by atomic mass is 16.5. The predicted octanol–water partition coefficient (Wildman–Crippen LogP) is 2.21.